The minimum absolute atomic E-state index is 0.144. The summed E-state index contributed by atoms with van der Waals surface area (Å²) >= 11 is 6.70. The monoisotopic (exact) mass is 490 g/mol. The van der Waals surface area contributed by atoms with E-state index in [-0.39, 0.29) is 13.0 Å². The molecule has 0 radical (unpaired) electrons. The van der Waals surface area contributed by atoms with Crippen molar-refractivity contribution in [1.82, 2.24) is 4.98 Å². The van der Waals surface area contributed by atoms with Crippen molar-refractivity contribution in [2.75, 3.05) is 11.4 Å². The van der Waals surface area contributed by atoms with Crippen molar-refractivity contribution < 1.29 is 18.3 Å². The van der Waals surface area contributed by atoms with Crippen LogP contribution in [-0.4, -0.2) is 23.2 Å². The van der Waals surface area contributed by atoms with E-state index in [9.17, 15) is 13.6 Å². The smallest absolute Gasteiger partial charge is 0.416 e. The van der Waals surface area contributed by atoms with Gasteiger partial charge in [0.1, 0.15) is 17.2 Å². The molecule has 0 saturated heterocycles. The Kier molecular flexibility index (Phi) is 6.74. The number of benzene rings is 1. The number of amides is 1. The van der Waals surface area contributed by atoms with E-state index in [1.807, 2.05) is 0 Å². The van der Waals surface area contributed by atoms with Crippen molar-refractivity contribution in [2.24, 2.45) is 0 Å². The lowest BCUT2D eigenvalue weighted by atomic mass is 10.1. The Hall–Kier alpha value is -1.54. The molecule has 8 heteroatoms. The Bertz CT molecular complexity index is 790. The summed E-state index contributed by atoms with van der Waals surface area (Å²) in [6.45, 7) is 5.42. The molecule has 0 aliphatic heterocycles. The van der Waals surface area contributed by atoms with E-state index in [2.05, 4.69) is 36.8 Å². The van der Waals surface area contributed by atoms with Gasteiger partial charge in [-0.1, -0.05) is 0 Å². The van der Waals surface area contributed by atoms with E-state index in [1.165, 1.54) is 17.0 Å². The second kappa shape index (κ2) is 8.43. The van der Waals surface area contributed by atoms with Crippen molar-refractivity contribution >= 4 is 43.8 Å². The van der Waals surface area contributed by atoms with E-state index in [0.717, 1.165) is 10.5 Å². The Labute approximate surface area is 167 Å². The summed E-state index contributed by atoms with van der Waals surface area (Å²) in [5.41, 5.74) is -0.258. The van der Waals surface area contributed by atoms with Crippen LogP contribution in [0.2, 0.25) is 0 Å². The molecule has 140 valence electrons. The van der Waals surface area contributed by atoms with Crippen LogP contribution in [0.5, 0.6) is 0 Å². The molecule has 1 aromatic heterocycles. The number of halogens is 4. The Morgan fingerprint density at radius 3 is 2.31 bits per heavy atom. The molecule has 1 aromatic carbocycles. The number of aromatic nitrogens is 1. The summed E-state index contributed by atoms with van der Waals surface area (Å²) in [6.07, 6.45) is 1.20. The third kappa shape index (κ3) is 6.02. The number of carbonyl (C=O) groups is 1. The van der Waals surface area contributed by atoms with E-state index < -0.39 is 23.3 Å². The molecule has 2 rings (SSSR count). The van der Waals surface area contributed by atoms with E-state index in [4.69, 9.17) is 4.74 Å². The van der Waals surface area contributed by atoms with Crippen LogP contribution >= 0.6 is 31.9 Å². The first-order valence-electron chi connectivity index (χ1n) is 7.82. The van der Waals surface area contributed by atoms with Gasteiger partial charge in [-0.05, 0) is 82.8 Å². The van der Waals surface area contributed by atoms with Gasteiger partial charge in [-0.15, -0.1) is 0 Å². The lowest BCUT2D eigenvalue weighted by Crippen LogP contribution is -2.38. The summed E-state index contributed by atoms with van der Waals surface area (Å²) in [6, 6.07) is 5.03. The zero-order chi connectivity index (χ0) is 19.5. The predicted octanol–water partition coefficient (Wildman–Crippen LogP) is 5.87. The quantitative estimate of drug-likeness (QED) is 0.537. The normalized spacial score (nSPS) is 11.3. The van der Waals surface area contributed by atoms with Crippen LogP contribution in [0, 0.1) is 11.6 Å². The van der Waals surface area contributed by atoms with Crippen LogP contribution in [-0.2, 0) is 11.2 Å². The van der Waals surface area contributed by atoms with Gasteiger partial charge in [0.15, 0.2) is 5.82 Å². The van der Waals surface area contributed by atoms with Crippen LogP contribution in [0.4, 0.5) is 19.4 Å². The molecule has 0 unspecified atom stereocenters. The summed E-state index contributed by atoms with van der Waals surface area (Å²) in [7, 11) is 0. The van der Waals surface area contributed by atoms with Gasteiger partial charge in [0.2, 0.25) is 0 Å². The first kappa shape index (κ1) is 20.8. The average Bonchev–Trinajstić information content (AvgIpc) is 2.46. The maximum atomic E-state index is 13.4. The lowest BCUT2D eigenvalue weighted by Gasteiger charge is -2.27. The molecule has 4 nitrogen and oxygen atoms in total. The summed E-state index contributed by atoms with van der Waals surface area (Å²) in [5.74, 6) is -0.960. The summed E-state index contributed by atoms with van der Waals surface area (Å²) in [4.78, 5) is 18.2. The molecule has 0 N–H and O–H groups in total. The third-order valence-corrected chi connectivity index (χ3v) is 4.22. The van der Waals surface area contributed by atoms with Gasteiger partial charge in [-0.2, -0.15) is 0 Å². The van der Waals surface area contributed by atoms with E-state index in [1.54, 1.807) is 33.0 Å². The van der Waals surface area contributed by atoms with Crippen molar-refractivity contribution in [3.63, 3.8) is 0 Å². The summed E-state index contributed by atoms with van der Waals surface area (Å²) in [5, 5.41) is 0. The number of hydrogen-bond donors (Lipinski definition) is 0. The minimum atomic E-state index is -0.692. The number of ether oxygens (including phenoxy) is 1. The topological polar surface area (TPSA) is 42.4 Å². The first-order chi connectivity index (χ1) is 12.0. The highest BCUT2D eigenvalue weighted by molar-refractivity contribution is 9.11. The fourth-order valence-electron chi connectivity index (χ4n) is 2.20. The maximum absolute atomic E-state index is 13.4. The SMILES string of the molecule is CC(C)(C)OC(=O)N(CCc1cc(F)cc(F)c1)c1ncc(Br)cc1Br. The Morgan fingerprint density at radius 2 is 1.77 bits per heavy atom. The van der Waals surface area contributed by atoms with Crippen LogP contribution in [0.3, 0.4) is 0 Å². The molecule has 0 spiro atoms. The van der Waals surface area contributed by atoms with Crippen molar-refractivity contribution in [3.05, 3.63) is 56.6 Å². The Balaban J connectivity index is 2.29. The van der Waals surface area contributed by atoms with Gasteiger partial charge in [-0.3, -0.25) is 4.90 Å². The zero-order valence-electron chi connectivity index (χ0n) is 14.5. The van der Waals surface area contributed by atoms with Crippen LogP contribution < -0.4 is 4.90 Å². The second-order valence-electron chi connectivity index (χ2n) is 6.62. The van der Waals surface area contributed by atoms with Crippen LogP contribution in [0.25, 0.3) is 0 Å². The third-order valence-electron chi connectivity index (χ3n) is 3.20. The van der Waals surface area contributed by atoms with Gasteiger partial charge in [0.05, 0.1) is 4.47 Å². The number of carbonyl (C=O) groups excluding carboxylic acids is 1. The fraction of sp³-hybridized carbons (Fsp3) is 0.333. The van der Waals surface area contributed by atoms with Crippen molar-refractivity contribution in [1.29, 1.82) is 0 Å². The van der Waals surface area contributed by atoms with Gasteiger partial charge in [0, 0.05) is 23.3 Å². The number of rotatable bonds is 4. The van der Waals surface area contributed by atoms with Gasteiger partial charge in [0.25, 0.3) is 0 Å². The molecule has 1 amide bonds. The molecule has 0 atom stereocenters. The van der Waals surface area contributed by atoms with Gasteiger partial charge < -0.3 is 4.74 Å². The maximum Gasteiger partial charge on any atom is 0.416 e. The molecule has 0 aliphatic rings. The fourth-order valence-corrected chi connectivity index (χ4v) is 3.40. The first-order valence-corrected chi connectivity index (χ1v) is 9.40. The highest BCUT2D eigenvalue weighted by Gasteiger charge is 2.25. The standard InChI is InChI=1S/C18H18Br2F2N2O2/c1-18(2,3)26-17(25)24(16-15(20)8-12(19)10-23-16)5-4-11-6-13(21)9-14(22)7-11/h6-10H,4-5H2,1-3H3. The number of hydrogen-bond acceptors (Lipinski definition) is 3. The molecular formula is C18H18Br2F2N2O2. The lowest BCUT2D eigenvalue weighted by molar-refractivity contribution is 0.0579. The van der Waals surface area contributed by atoms with E-state index >= 15 is 0 Å². The minimum Gasteiger partial charge on any atom is -0.443 e. The Morgan fingerprint density at radius 1 is 1.15 bits per heavy atom. The number of pyridine rings is 1. The number of nitrogens with zero attached hydrogens (tertiary/aromatic N) is 2. The largest absolute Gasteiger partial charge is 0.443 e. The molecule has 1 heterocycles. The highest BCUT2D eigenvalue weighted by atomic mass is 79.9. The molecule has 0 fully saturated rings. The average molecular weight is 492 g/mol. The van der Waals surface area contributed by atoms with E-state index in [0.29, 0.717) is 15.9 Å². The molecule has 2 aromatic rings. The van der Waals surface area contributed by atoms with Crippen molar-refractivity contribution in [2.45, 2.75) is 32.8 Å². The molecule has 0 aliphatic carbocycles. The summed E-state index contributed by atoms with van der Waals surface area (Å²) < 4.78 is 33.6. The molecule has 0 saturated carbocycles. The molecule has 0 bridgehead atoms. The second-order valence-corrected chi connectivity index (χ2v) is 8.39. The highest BCUT2D eigenvalue weighted by Crippen LogP contribution is 2.28. The van der Waals surface area contributed by atoms with Crippen LogP contribution in [0.1, 0.15) is 26.3 Å². The van der Waals surface area contributed by atoms with Gasteiger partial charge >= 0.3 is 6.09 Å². The van der Waals surface area contributed by atoms with Crippen molar-refractivity contribution in [3.8, 4) is 0 Å². The number of anilines is 1. The predicted molar refractivity (Wildman–Crippen MR) is 103 cm³/mol. The zero-order valence-corrected chi connectivity index (χ0v) is 17.7. The van der Waals surface area contributed by atoms with Gasteiger partial charge in [-0.25, -0.2) is 18.6 Å². The van der Waals surface area contributed by atoms with Crippen LogP contribution in [0.15, 0.2) is 39.4 Å². The molecule has 26 heavy (non-hydrogen) atoms. The molecular weight excluding hydrogens is 474 g/mol.